The fraction of sp³-hybridized carbons (Fsp3) is 0.708. The molecule has 0 aromatic heterocycles. The molecular weight excluding hydrogens is 392 g/mol. The molecule has 3 saturated heterocycles. The van der Waals surface area contributed by atoms with E-state index in [4.69, 9.17) is 19.2 Å². The maximum atomic E-state index is 6.09. The van der Waals surface area contributed by atoms with Gasteiger partial charge in [-0.15, -0.1) is 0 Å². The first-order chi connectivity index (χ1) is 15.3. The second-order valence-corrected chi connectivity index (χ2v) is 8.65. The number of nitrogens with one attached hydrogen (secondary N) is 1. The van der Waals surface area contributed by atoms with E-state index >= 15 is 0 Å². The number of rotatable bonds is 7. The van der Waals surface area contributed by atoms with Crippen LogP contribution in [0.5, 0.6) is 0 Å². The molecule has 1 aromatic rings. The lowest BCUT2D eigenvalue weighted by molar-refractivity contribution is -0.0390. The van der Waals surface area contributed by atoms with Crippen LogP contribution >= 0.6 is 0 Å². The second kappa shape index (κ2) is 11.8. The minimum atomic E-state index is 0.324. The van der Waals surface area contributed by atoms with Crippen LogP contribution in [0.15, 0.2) is 29.3 Å². The average Bonchev–Trinajstić information content (AvgIpc) is 3.32. The predicted octanol–water partition coefficient (Wildman–Crippen LogP) is 2.25. The summed E-state index contributed by atoms with van der Waals surface area (Å²) in [5, 5.41) is 3.50. The number of aliphatic imine (C=N–C) groups is 1. The molecule has 3 aliphatic rings. The Morgan fingerprint density at radius 3 is 2.65 bits per heavy atom. The molecule has 1 unspecified atom stereocenters. The van der Waals surface area contributed by atoms with Gasteiger partial charge in [0.15, 0.2) is 5.96 Å². The van der Waals surface area contributed by atoms with Gasteiger partial charge < -0.3 is 24.4 Å². The number of benzene rings is 1. The van der Waals surface area contributed by atoms with Gasteiger partial charge in [0.2, 0.25) is 0 Å². The van der Waals surface area contributed by atoms with Crippen molar-refractivity contribution in [3.8, 4) is 0 Å². The molecule has 7 heteroatoms. The summed E-state index contributed by atoms with van der Waals surface area (Å²) in [6.45, 7) is 11.9. The SMILES string of the molecule is CCNC(=NCc1cccc(COC2CCOCC2)c1)N1CCC(N2CCOCC2)C1. The zero-order valence-electron chi connectivity index (χ0n) is 18.9. The maximum absolute atomic E-state index is 6.09. The van der Waals surface area contributed by atoms with E-state index in [9.17, 15) is 0 Å². The number of hydrogen-bond donors (Lipinski definition) is 1. The Hall–Kier alpha value is -1.67. The van der Waals surface area contributed by atoms with Gasteiger partial charge in [-0.05, 0) is 37.3 Å². The average molecular weight is 431 g/mol. The zero-order chi connectivity index (χ0) is 21.3. The van der Waals surface area contributed by atoms with Gasteiger partial charge in [-0.1, -0.05) is 24.3 Å². The number of nitrogens with zero attached hydrogens (tertiary/aromatic N) is 3. The van der Waals surface area contributed by atoms with Gasteiger partial charge >= 0.3 is 0 Å². The molecule has 3 fully saturated rings. The van der Waals surface area contributed by atoms with Gasteiger partial charge in [-0.2, -0.15) is 0 Å². The number of likely N-dealkylation sites (tertiary alicyclic amines) is 1. The van der Waals surface area contributed by atoms with Crippen LogP contribution in [0.1, 0.15) is 37.3 Å². The van der Waals surface area contributed by atoms with Crippen molar-refractivity contribution >= 4 is 5.96 Å². The topological polar surface area (TPSA) is 58.6 Å². The van der Waals surface area contributed by atoms with Crippen LogP contribution in [0.4, 0.5) is 0 Å². The van der Waals surface area contributed by atoms with Gasteiger partial charge in [-0.3, -0.25) is 4.90 Å². The Morgan fingerprint density at radius 2 is 1.84 bits per heavy atom. The quantitative estimate of drug-likeness (QED) is 0.529. The molecule has 7 nitrogen and oxygen atoms in total. The van der Waals surface area contributed by atoms with E-state index in [2.05, 4.69) is 46.3 Å². The molecule has 0 radical (unpaired) electrons. The number of hydrogen-bond acceptors (Lipinski definition) is 5. The summed E-state index contributed by atoms with van der Waals surface area (Å²) in [5.41, 5.74) is 2.45. The van der Waals surface area contributed by atoms with Crippen LogP contribution in [0.2, 0.25) is 0 Å². The van der Waals surface area contributed by atoms with Crippen molar-refractivity contribution < 1.29 is 14.2 Å². The van der Waals surface area contributed by atoms with Crippen molar-refractivity contribution in [1.29, 1.82) is 0 Å². The predicted molar refractivity (Wildman–Crippen MR) is 122 cm³/mol. The first-order valence-corrected chi connectivity index (χ1v) is 11.9. The van der Waals surface area contributed by atoms with Gasteiger partial charge in [0.1, 0.15) is 0 Å². The van der Waals surface area contributed by atoms with Crippen LogP contribution in [0.25, 0.3) is 0 Å². The van der Waals surface area contributed by atoms with E-state index in [1.165, 1.54) is 17.5 Å². The van der Waals surface area contributed by atoms with Gasteiger partial charge in [0, 0.05) is 52.0 Å². The smallest absolute Gasteiger partial charge is 0.194 e. The van der Waals surface area contributed by atoms with Crippen molar-refractivity contribution in [1.82, 2.24) is 15.1 Å². The normalized spacial score (nSPS) is 24.0. The van der Waals surface area contributed by atoms with E-state index in [1.807, 2.05) is 0 Å². The van der Waals surface area contributed by atoms with Crippen LogP contribution in [0.3, 0.4) is 0 Å². The lowest BCUT2D eigenvalue weighted by Crippen LogP contribution is -2.46. The zero-order valence-corrected chi connectivity index (χ0v) is 18.9. The Morgan fingerprint density at radius 1 is 1.06 bits per heavy atom. The van der Waals surface area contributed by atoms with Crippen LogP contribution < -0.4 is 5.32 Å². The molecule has 3 heterocycles. The van der Waals surface area contributed by atoms with Crippen LogP contribution in [0, 0.1) is 0 Å². The standard InChI is InChI=1S/C24H38N4O3/c1-2-25-24(28-9-6-22(18-28)27-10-14-30-15-11-27)26-17-20-4-3-5-21(16-20)19-31-23-7-12-29-13-8-23/h3-5,16,22-23H,2,6-15,17-19H2,1H3,(H,25,26). The number of ether oxygens (including phenoxy) is 3. The van der Waals surface area contributed by atoms with E-state index < -0.39 is 0 Å². The van der Waals surface area contributed by atoms with E-state index in [0.717, 1.165) is 78.0 Å². The number of morpholine rings is 1. The molecule has 3 aliphatic heterocycles. The molecule has 1 atom stereocenters. The highest BCUT2D eigenvalue weighted by molar-refractivity contribution is 5.80. The minimum Gasteiger partial charge on any atom is -0.381 e. The van der Waals surface area contributed by atoms with Crippen molar-refractivity contribution in [3.05, 3.63) is 35.4 Å². The van der Waals surface area contributed by atoms with Gasteiger partial charge in [-0.25, -0.2) is 4.99 Å². The minimum absolute atomic E-state index is 0.324. The van der Waals surface area contributed by atoms with Gasteiger partial charge in [0.05, 0.1) is 32.5 Å². The van der Waals surface area contributed by atoms with Crippen molar-refractivity contribution in [3.63, 3.8) is 0 Å². The third-order valence-electron chi connectivity index (χ3n) is 6.42. The number of guanidine groups is 1. The summed E-state index contributed by atoms with van der Waals surface area (Å²) < 4.78 is 17.0. The third-order valence-corrected chi connectivity index (χ3v) is 6.42. The maximum Gasteiger partial charge on any atom is 0.194 e. The molecule has 0 spiro atoms. The third kappa shape index (κ3) is 6.65. The lowest BCUT2D eigenvalue weighted by atomic mass is 10.1. The highest BCUT2D eigenvalue weighted by Crippen LogP contribution is 2.18. The molecule has 0 aliphatic carbocycles. The molecule has 1 aromatic carbocycles. The van der Waals surface area contributed by atoms with E-state index in [1.54, 1.807) is 0 Å². The molecule has 1 N–H and O–H groups in total. The summed E-state index contributed by atoms with van der Waals surface area (Å²) in [6.07, 6.45) is 3.52. The Bertz CT molecular complexity index is 702. The molecule has 31 heavy (non-hydrogen) atoms. The first kappa shape index (κ1) is 22.5. The Balaban J connectivity index is 1.31. The molecule has 0 amide bonds. The molecular formula is C24H38N4O3. The fourth-order valence-corrected chi connectivity index (χ4v) is 4.64. The van der Waals surface area contributed by atoms with Crippen LogP contribution in [-0.2, 0) is 27.4 Å². The highest BCUT2D eigenvalue weighted by atomic mass is 16.5. The summed E-state index contributed by atoms with van der Waals surface area (Å²) in [4.78, 5) is 9.96. The molecule has 0 saturated carbocycles. The summed E-state index contributed by atoms with van der Waals surface area (Å²) in [7, 11) is 0. The largest absolute Gasteiger partial charge is 0.381 e. The fourth-order valence-electron chi connectivity index (χ4n) is 4.64. The highest BCUT2D eigenvalue weighted by Gasteiger charge is 2.30. The Kier molecular flexibility index (Phi) is 8.58. The van der Waals surface area contributed by atoms with Crippen molar-refractivity contribution in [2.75, 3.05) is 59.2 Å². The van der Waals surface area contributed by atoms with Gasteiger partial charge in [0.25, 0.3) is 0 Å². The first-order valence-electron chi connectivity index (χ1n) is 11.9. The summed E-state index contributed by atoms with van der Waals surface area (Å²) in [5.74, 6) is 1.03. The summed E-state index contributed by atoms with van der Waals surface area (Å²) in [6, 6.07) is 9.26. The monoisotopic (exact) mass is 430 g/mol. The van der Waals surface area contributed by atoms with E-state index in [0.29, 0.717) is 25.3 Å². The second-order valence-electron chi connectivity index (χ2n) is 8.65. The molecule has 172 valence electrons. The van der Waals surface area contributed by atoms with Crippen LogP contribution in [-0.4, -0.2) is 87.1 Å². The van der Waals surface area contributed by atoms with Crippen molar-refractivity contribution in [2.45, 2.75) is 51.5 Å². The Labute approximate surface area is 186 Å². The summed E-state index contributed by atoms with van der Waals surface area (Å²) >= 11 is 0. The molecule has 0 bridgehead atoms. The lowest BCUT2D eigenvalue weighted by Gasteiger charge is -2.32. The van der Waals surface area contributed by atoms with Crippen molar-refractivity contribution in [2.24, 2.45) is 4.99 Å². The molecule has 4 rings (SSSR count). The van der Waals surface area contributed by atoms with E-state index in [-0.39, 0.29) is 0 Å².